The van der Waals surface area contributed by atoms with E-state index in [0.717, 1.165) is 36.0 Å². The first-order valence-corrected chi connectivity index (χ1v) is 12.5. The molecule has 0 amide bonds. The normalized spacial score (nSPS) is 11.2. The highest BCUT2D eigenvalue weighted by Crippen LogP contribution is 2.34. The Balaban J connectivity index is 1.88. The molecule has 4 aromatic rings. The summed E-state index contributed by atoms with van der Waals surface area (Å²) in [7, 11) is 0. The molecule has 3 heteroatoms. The fraction of sp³-hybridized carbons (Fsp3) is 0.273. The molecule has 0 heterocycles. The minimum Gasteiger partial charge on any atom is -0.508 e. The van der Waals surface area contributed by atoms with Crippen LogP contribution in [0.15, 0.2) is 54.6 Å². The van der Waals surface area contributed by atoms with Crippen molar-refractivity contribution >= 4 is 0 Å². The van der Waals surface area contributed by atoms with Gasteiger partial charge in [-0.25, -0.2) is 0 Å². The lowest BCUT2D eigenvalue weighted by Gasteiger charge is -2.24. The summed E-state index contributed by atoms with van der Waals surface area (Å²) in [5.74, 6) is 0.877. The summed E-state index contributed by atoms with van der Waals surface area (Å²) in [5, 5.41) is 29.8. The molecule has 36 heavy (non-hydrogen) atoms. The number of hydrogen-bond acceptors (Lipinski definition) is 3. The Morgan fingerprint density at radius 1 is 0.417 bits per heavy atom. The second kappa shape index (κ2) is 10.1. The van der Waals surface area contributed by atoms with Crippen molar-refractivity contribution < 1.29 is 15.3 Å². The van der Waals surface area contributed by atoms with Crippen LogP contribution in [0.1, 0.15) is 66.8 Å². The molecule has 0 atom stereocenters. The number of aromatic hydroxyl groups is 3. The van der Waals surface area contributed by atoms with Crippen LogP contribution in [-0.2, 0) is 19.3 Å². The van der Waals surface area contributed by atoms with Crippen molar-refractivity contribution in [3.8, 4) is 17.2 Å². The van der Waals surface area contributed by atoms with E-state index in [1.807, 2.05) is 36.4 Å². The Labute approximate surface area is 214 Å². The molecule has 0 saturated heterocycles. The Kier molecular flexibility index (Phi) is 7.12. The van der Waals surface area contributed by atoms with Crippen LogP contribution in [0.25, 0.3) is 0 Å². The van der Waals surface area contributed by atoms with Crippen molar-refractivity contribution in [1.82, 2.24) is 0 Å². The van der Waals surface area contributed by atoms with Gasteiger partial charge in [0.15, 0.2) is 0 Å². The number of hydrogen-bond donors (Lipinski definition) is 3. The molecule has 0 aromatic heterocycles. The molecule has 0 radical (unpaired) electrons. The molecule has 0 fully saturated rings. The summed E-state index contributed by atoms with van der Waals surface area (Å²) in [6.45, 7) is 12.8. The van der Waals surface area contributed by atoms with Crippen LogP contribution < -0.4 is 0 Å². The largest absolute Gasteiger partial charge is 0.508 e. The first-order chi connectivity index (χ1) is 17.0. The summed E-state index contributed by atoms with van der Waals surface area (Å²) in [6.07, 6.45) is 2.40. The van der Waals surface area contributed by atoms with Crippen molar-refractivity contribution in [2.24, 2.45) is 0 Å². The third kappa shape index (κ3) is 5.11. The van der Waals surface area contributed by atoms with E-state index in [4.69, 9.17) is 0 Å². The summed E-state index contributed by atoms with van der Waals surface area (Å²) >= 11 is 0. The molecule has 0 unspecified atom stereocenters. The van der Waals surface area contributed by atoms with Crippen LogP contribution in [0.5, 0.6) is 17.2 Å². The SMILES string of the molecule is Cc1cc(O)ccc1Cc1c(C)c(Cc2ccc(O)cc2C)c(C)c(Cc2ccc(O)cc2C)c1C. The predicted molar refractivity (Wildman–Crippen MR) is 148 cm³/mol. The van der Waals surface area contributed by atoms with Crippen molar-refractivity contribution in [2.75, 3.05) is 0 Å². The van der Waals surface area contributed by atoms with Crippen molar-refractivity contribution in [2.45, 2.75) is 60.8 Å². The first-order valence-electron chi connectivity index (χ1n) is 12.5. The molecule has 0 bridgehead atoms. The van der Waals surface area contributed by atoms with Crippen LogP contribution in [0, 0.1) is 41.5 Å². The molecule has 3 N–H and O–H groups in total. The lowest BCUT2D eigenvalue weighted by atomic mass is 9.81. The van der Waals surface area contributed by atoms with E-state index in [9.17, 15) is 15.3 Å². The van der Waals surface area contributed by atoms with Crippen molar-refractivity contribution in [1.29, 1.82) is 0 Å². The van der Waals surface area contributed by atoms with Crippen molar-refractivity contribution in [3.63, 3.8) is 0 Å². The summed E-state index contributed by atoms with van der Waals surface area (Å²) in [4.78, 5) is 0. The Hall–Kier alpha value is -3.72. The van der Waals surface area contributed by atoms with Crippen LogP contribution in [-0.4, -0.2) is 15.3 Å². The van der Waals surface area contributed by atoms with Gasteiger partial charge in [0.1, 0.15) is 17.2 Å². The Morgan fingerprint density at radius 3 is 0.889 bits per heavy atom. The molecule has 3 nitrogen and oxygen atoms in total. The molecule has 0 saturated carbocycles. The molecule has 0 aliphatic carbocycles. The third-order valence-corrected chi connectivity index (χ3v) is 7.80. The van der Waals surface area contributed by atoms with Gasteiger partial charge in [-0.05, 0) is 164 Å². The van der Waals surface area contributed by atoms with Gasteiger partial charge in [0.25, 0.3) is 0 Å². The first kappa shape index (κ1) is 25.4. The number of aryl methyl sites for hydroxylation is 3. The van der Waals surface area contributed by atoms with E-state index in [2.05, 4.69) is 41.5 Å². The van der Waals surface area contributed by atoms with Crippen molar-refractivity contribution in [3.05, 3.63) is 121 Å². The average molecular weight is 481 g/mol. The quantitative estimate of drug-likeness (QED) is 0.269. The topological polar surface area (TPSA) is 60.7 Å². The van der Waals surface area contributed by atoms with Crippen LogP contribution in [0.4, 0.5) is 0 Å². The van der Waals surface area contributed by atoms with Gasteiger partial charge < -0.3 is 15.3 Å². The van der Waals surface area contributed by atoms with E-state index in [1.54, 1.807) is 18.2 Å². The summed E-state index contributed by atoms with van der Waals surface area (Å²) < 4.78 is 0. The van der Waals surface area contributed by atoms with Crippen LogP contribution in [0.2, 0.25) is 0 Å². The van der Waals surface area contributed by atoms with E-state index in [-0.39, 0.29) is 0 Å². The zero-order valence-electron chi connectivity index (χ0n) is 22.2. The van der Waals surface area contributed by atoms with Gasteiger partial charge in [-0.3, -0.25) is 0 Å². The van der Waals surface area contributed by atoms with Gasteiger partial charge in [-0.1, -0.05) is 18.2 Å². The highest BCUT2D eigenvalue weighted by molar-refractivity contribution is 5.56. The molecular formula is C33H36O3. The standard InChI is InChI=1S/C33H36O3/c1-19-13-28(34)10-7-25(19)16-31-22(4)32(17-26-8-11-29(35)14-20(26)2)24(6)33(23(31)5)18-27-9-12-30(36)15-21(27)3/h7-15,34-36H,16-18H2,1-6H3. The lowest BCUT2D eigenvalue weighted by molar-refractivity contribution is 0.474. The monoisotopic (exact) mass is 480 g/mol. The zero-order chi connectivity index (χ0) is 26.1. The van der Waals surface area contributed by atoms with Crippen LogP contribution >= 0.6 is 0 Å². The molecule has 0 aliphatic heterocycles. The Bertz CT molecular complexity index is 1250. The predicted octanol–water partition coefficient (Wildman–Crippen LogP) is 7.43. The maximum Gasteiger partial charge on any atom is 0.115 e. The average Bonchev–Trinajstić information content (AvgIpc) is 2.81. The minimum absolute atomic E-state index is 0.292. The fourth-order valence-corrected chi connectivity index (χ4v) is 5.39. The van der Waals surface area contributed by atoms with Gasteiger partial charge in [0.2, 0.25) is 0 Å². The molecular weight excluding hydrogens is 444 g/mol. The second-order valence-corrected chi connectivity index (χ2v) is 10.2. The maximum absolute atomic E-state index is 9.92. The molecule has 4 aromatic carbocycles. The zero-order valence-corrected chi connectivity index (χ0v) is 22.2. The molecule has 4 rings (SSSR count). The number of benzene rings is 4. The summed E-state index contributed by atoms with van der Waals surface area (Å²) in [6, 6.07) is 16.9. The molecule has 0 spiro atoms. The van der Waals surface area contributed by atoms with Gasteiger partial charge in [-0.15, -0.1) is 0 Å². The second-order valence-electron chi connectivity index (χ2n) is 10.2. The van der Waals surface area contributed by atoms with E-state index in [1.165, 1.54) is 50.1 Å². The highest BCUT2D eigenvalue weighted by Gasteiger charge is 2.20. The minimum atomic E-state index is 0.292. The Morgan fingerprint density at radius 2 is 0.667 bits per heavy atom. The van der Waals surface area contributed by atoms with E-state index < -0.39 is 0 Å². The lowest BCUT2D eigenvalue weighted by Crippen LogP contribution is -2.10. The van der Waals surface area contributed by atoms with Crippen LogP contribution in [0.3, 0.4) is 0 Å². The van der Waals surface area contributed by atoms with E-state index in [0.29, 0.717) is 17.2 Å². The van der Waals surface area contributed by atoms with Gasteiger partial charge in [0, 0.05) is 0 Å². The molecule has 0 aliphatic rings. The molecule has 186 valence electrons. The van der Waals surface area contributed by atoms with Gasteiger partial charge >= 0.3 is 0 Å². The maximum atomic E-state index is 9.92. The smallest absolute Gasteiger partial charge is 0.115 e. The third-order valence-electron chi connectivity index (χ3n) is 7.80. The number of phenols is 3. The summed E-state index contributed by atoms with van der Waals surface area (Å²) in [5.41, 5.74) is 14.8. The highest BCUT2D eigenvalue weighted by atomic mass is 16.3. The van der Waals surface area contributed by atoms with Gasteiger partial charge in [-0.2, -0.15) is 0 Å². The number of phenolic OH excluding ortho intramolecular Hbond substituents is 3. The fourth-order valence-electron chi connectivity index (χ4n) is 5.39. The number of rotatable bonds is 6. The van der Waals surface area contributed by atoms with Gasteiger partial charge in [0.05, 0.1) is 0 Å². The van der Waals surface area contributed by atoms with E-state index >= 15 is 0 Å².